The normalized spacial score (nSPS) is 10.3. The van der Waals surface area contributed by atoms with Crippen LogP contribution in [0.5, 0.6) is 0 Å². The van der Waals surface area contributed by atoms with E-state index < -0.39 is 0 Å². The van der Waals surface area contributed by atoms with Crippen LogP contribution >= 0.6 is 0 Å². The molecule has 5 heteroatoms. The molecule has 2 aromatic rings. The molecule has 0 spiro atoms. The Morgan fingerprint density at radius 2 is 1.86 bits per heavy atom. The van der Waals surface area contributed by atoms with Crippen LogP contribution in [0.3, 0.4) is 0 Å². The van der Waals surface area contributed by atoms with Crippen molar-refractivity contribution in [2.24, 2.45) is 0 Å². The monoisotopic (exact) mass is 298 g/mol. The maximum Gasteiger partial charge on any atom is 0.256 e. The van der Waals surface area contributed by atoms with E-state index in [0.717, 1.165) is 24.9 Å². The molecular weight excluding hydrogens is 276 g/mol. The number of hydrogen-bond donors (Lipinski definition) is 1. The Bertz CT molecular complexity index is 583. The van der Waals surface area contributed by atoms with Crippen molar-refractivity contribution in [2.45, 2.75) is 26.3 Å². The van der Waals surface area contributed by atoms with Crippen molar-refractivity contribution in [1.29, 1.82) is 0 Å². The van der Waals surface area contributed by atoms with Crippen molar-refractivity contribution in [3.8, 4) is 0 Å². The number of amides is 1. The lowest BCUT2D eigenvalue weighted by molar-refractivity contribution is 0.0792. The average molecular weight is 298 g/mol. The summed E-state index contributed by atoms with van der Waals surface area (Å²) in [6.45, 7) is 3.52. The van der Waals surface area contributed by atoms with Gasteiger partial charge in [-0.25, -0.2) is 9.97 Å². The largest absolute Gasteiger partial charge is 0.350 e. The minimum atomic E-state index is -0.0388. The van der Waals surface area contributed by atoms with Crippen LogP contribution in [0.25, 0.3) is 0 Å². The van der Waals surface area contributed by atoms with Crippen LogP contribution in [0, 0.1) is 0 Å². The van der Waals surface area contributed by atoms with E-state index in [2.05, 4.69) is 22.2 Å². The number of hydrogen-bond acceptors (Lipinski definition) is 4. The molecule has 1 amide bonds. The number of carbonyl (C=O) groups excluding carboxylic acids is 1. The van der Waals surface area contributed by atoms with Crippen LogP contribution in [-0.4, -0.2) is 34.4 Å². The van der Waals surface area contributed by atoms with E-state index >= 15 is 0 Å². The first-order chi connectivity index (χ1) is 10.7. The minimum absolute atomic E-state index is 0.0388. The minimum Gasteiger partial charge on any atom is -0.350 e. The number of anilines is 1. The molecule has 0 unspecified atom stereocenters. The Morgan fingerprint density at radius 1 is 1.18 bits per heavy atom. The summed E-state index contributed by atoms with van der Waals surface area (Å²) in [5.41, 5.74) is 1.68. The SMILES string of the molecule is CCCCN(C)C(=O)c1cnc(NCc2ccccc2)nc1. The summed E-state index contributed by atoms with van der Waals surface area (Å²) in [7, 11) is 1.81. The molecule has 0 fully saturated rings. The molecule has 1 N–H and O–H groups in total. The van der Waals surface area contributed by atoms with Crippen LogP contribution in [0.4, 0.5) is 5.95 Å². The van der Waals surface area contributed by atoms with Gasteiger partial charge in [0.1, 0.15) is 0 Å². The van der Waals surface area contributed by atoms with E-state index in [4.69, 9.17) is 0 Å². The summed E-state index contributed by atoms with van der Waals surface area (Å²) in [6, 6.07) is 10.0. The van der Waals surface area contributed by atoms with Crippen molar-refractivity contribution in [2.75, 3.05) is 18.9 Å². The Kier molecular flexibility index (Phi) is 5.89. The van der Waals surface area contributed by atoms with Gasteiger partial charge in [0, 0.05) is 32.5 Å². The number of rotatable bonds is 7. The zero-order valence-electron chi connectivity index (χ0n) is 13.1. The van der Waals surface area contributed by atoms with Gasteiger partial charge in [0.25, 0.3) is 5.91 Å². The van der Waals surface area contributed by atoms with Gasteiger partial charge in [-0.2, -0.15) is 0 Å². The second-order valence-electron chi connectivity index (χ2n) is 5.21. The topological polar surface area (TPSA) is 58.1 Å². The van der Waals surface area contributed by atoms with E-state index in [0.29, 0.717) is 18.1 Å². The Hall–Kier alpha value is -2.43. The summed E-state index contributed by atoms with van der Waals surface area (Å²) in [4.78, 5) is 22.3. The predicted molar refractivity (Wildman–Crippen MR) is 87.7 cm³/mol. The quantitative estimate of drug-likeness (QED) is 0.854. The fourth-order valence-electron chi connectivity index (χ4n) is 2.02. The van der Waals surface area contributed by atoms with Crippen LogP contribution in [0.15, 0.2) is 42.7 Å². The summed E-state index contributed by atoms with van der Waals surface area (Å²) in [5.74, 6) is 0.486. The number of carbonyl (C=O) groups is 1. The van der Waals surface area contributed by atoms with Crippen molar-refractivity contribution < 1.29 is 4.79 Å². The maximum absolute atomic E-state index is 12.2. The van der Waals surface area contributed by atoms with Crippen molar-refractivity contribution in [3.63, 3.8) is 0 Å². The first-order valence-corrected chi connectivity index (χ1v) is 7.56. The van der Waals surface area contributed by atoms with Gasteiger partial charge in [-0.1, -0.05) is 43.7 Å². The number of unbranched alkanes of at least 4 members (excludes halogenated alkanes) is 1. The fraction of sp³-hybridized carbons (Fsp3) is 0.353. The van der Waals surface area contributed by atoms with Gasteiger partial charge in [-0.05, 0) is 12.0 Å². The molecule has 0 radical (unpaired) electrons. The van der Waals surface area contributed by atoms with Gasteiger partial charge in [0.2, 0.25) is 5.95 Å². The molecule has 0 aliphatic heterocycles. The zero-order chi connectivity index (χ0) is 15.8. The summed E-state index contributed by atoms with van der Waals surface area (Å²) in [5, 5.41) is 3.14. The van der Waals surface area contributed by atoms with Gasteiger partial charge in [0.15, 0.2) is 0 Å². The molecular formula is C17H22N4O. The third-order valence-electron chi connectivity index (χ3n) is 3.39. The van der Waals surface area contributed by atoms with E-state index in [-0.39, 0.29) is 5.91 Å². The highest BCUT2D eigenvalue weighted by atomic mass is 16.2. The molecule has 0 saturated heterocycles. The highest BCUT2D eigenvalue weighted by molar-refractivity contribution is 5.93. The Morgan fingerprint density at radius 3 is 2.50 bits per heavy atom. The van der Waals surface area contributed by atoms with Gasteiger partial charge in [-0.3, -0.25) is 4.79 Å². The smallest absolute Gasteiger partial charge is 0.256 e. The van der Waals surface area contributed by atoms with Crippen LogP contribution in [-0.2, 0) is 6.54 Å². The second kappa shape index (κ2) is 8.12. The molecule has 0 aliphatic rings. The third-order valence-corrected chi connectivity index (χ3v) is 3.39. The fourth-order valence-corrected chi connectivity index (χ4v) is 2.02. The van der Waals surface area contributed by atoms with Crippen molar-refractivity contribution >= 4 is 11.9 Å². The molecule has 1 aromatic carbocycles. The number of nitrogens with zero attached hydrogens (tertiary/aromatic N) is 3. The van der Waals surface area contributed by atoms with E-state index in [1.54, 1.807) is 24.3 Å². The molecule has 1 aromatic heterocycles. The molecule has 22 heavy (non-hydrogen) atoms. The van der Waals surface area contributed by atoms with Gasteiger partial charge >= 0.3 is 0 Å². The van der Waals surface area contributed by atoms with E-state index in [9.17, 15) is 4.79 Å². The highest BCUT2D eigenvalue weighted by Crippen LogP contribution is 2.06. The number of aromatic nitrogens is 2. The number of benzene rings is 1. The van der Waals surface area contributed by atoms with Crippen molar-refractivity contribution in [3.05, 3.63) is 53.9 Å². The lowest BCUT2D eigenvalue weighted by Crippen LogP contribution is -2.28. The molecule has 0 saturated carbocycles. The lowest BCUT2D eigenvalue weighted by Gasteiger charge is -2.16. The van der Waals surface area contributed by atoms with Gasteiger partial charge < -0.3 is 10.2 Å². The van der Waals surface area contributed by atoms with Crippen LogP contribution in [0.1, 0.15) is 35.7 Å². The van der Waals surface area contributed by atoms with Crippen molar-refractivity contribution in [1.82, 2.24) is 14.9 Å². The van der Waals surface area contributed by atoms with E-state index in [1.165, 1.54) is 0 Å². The first-order valence-electron chi connectivity index (χ1n) is 7.56. The average Bonchev–Trinajstić information content (AvgIpc) is 2.58. The van der Waals surface area contributed by atoms with Gasteiger partial charge in [0.05, 0.1) is 5.56 Å². The Balaban J connectivity index is 1.91. The summed E-state index contributed by atoms with van der Waals surface area (Å²) >= 11 is 0. The third kappa shape index (κ3) is 4.55. The zero-order valence-corrected chi connectivity index (χ0v) is 13.1. The maximum atomic E-state index is 12.2. The second-order valence-corrected chi connectivity index (χ2v) is 5.21. The predicted octanol–water partition coefficient (Wildman–Crippen LogP) is 2.96. The van der Waals surface area contributed by atoms with Crippen LogP contribution in [0.2, 0.25) is 0 Å². The summed E-state index contributed by atoms with van der Waals surface area (Å²) < 4.78 is 0. The molecule has 0 aliphatic carbocycles. The van der Waals surface area contributed by atoms with E-state index in [1.807, 2.05) is 30.3 Å². The lowest BCUT2D eigenvalue weighted by atomic mass is 10.2. The van der Waals surface area contributed by atoms with Crippen LogP contribution < -0.4 is 5.32 Å². The molecule has 116 valence electrons. The first kappa shape index (κ1) is 15.9. The Labute approximate surface area is 131 Å². The molecule has 0 atom stereocenters. The highest BCUT2D eigenvalue weighted by Gasteiger charge is 2.12. The molecule has 5 nitrogen and oxygen atoms in total. The number of nitrogens with one attached hydrogen (secondary N) is 1. The molecule has 0 bridgehead atoms. The summed E-state index contributed by atoms with van der Waals surface area (Å²) in [6.07, 6.45) is 5.21. The standard InChI is InChI=1S/C17H22N4O/c1-3-4-10-21(2)16(22)15-12-19-17(20-13-15)18-11-14-8-6-5-7-9-14/h5-9,12-13H,3-4,10-11H2,1-2H3,(H,18,19,20). The molecule has 2 rings (SSSR count). The molecule has 1 heterocycles. The van der Waals surface area contributed by atoms with Gasteiger partial charge in [-0.15, -0.1) is 0 Å².